The first-order valence-corrected chi connectivity index (χ1v) is 12.1. The molecule has 1 saturated heterocycles. The number of hydrogen-bond acceptors (Lipinski definition) is 8. The molecule has 9 nitrogen and oxygen atoms in total. The maximum atomic E-state index is 14.7. The summed E-state index contributed by atoms with van der Waals surface area (Å²) in [5.74, 6) is -1.76. The number of β-amino-alcohol motifs (C(OH)–C–C–N with tert-alkyl or cyclic N) is 1. The lowest BCUT2D eigenvalue weighted by Crippen LogP contribution is -2.48. The largest absolute Gasteiger partial charge is 0.391 e. The normalized spacial score (nSPS) is 18.7. The third-order valence-corrected chi connectivity index (χ3v) is 6.91. The van der Waals surface area contributed by atoms with Crippen LogP contribution in [0.15, 0.2) is 34.3 Å². The molecule has 2 amide bonds. The van der Waals surface area contributed by atoms with E-state index in [2.05, 4.69) is 15.6 Å². The van der Waals surface area contributed by atoms with Crippen molar-refractivity contribution in [3.05, 3.63) is 52.7 Å². The Morgan fingerprint density at radius 1 is 1.31 bits per heavy atom. The Bertz CT molecular complexity index is 1230. The van der Waals surface area contributed by atoms with Gasteiger partial charge >= 0.3 is 0 Å². The van der Waals surface area contributed by atoms with Gasteiger partial charge in [-0.15, -0.1) is 11.3 Å². The summed E-state index contributed by atoms with van der Waals surface area (Å²) in [4.78, 5) is 37.8. The Morgan fingerprint density at radius 3 is 2.69 bits per heavy atom. The fourth-order valence-corrected chi connectivity index (χ4v) is 5.06. The number of likely N-dealkylation sites (tertiary alicyclic amines) is 1. The van der Waals surface area contributed by atoms with E-state index in [1.807, 2.05) is 13.8 Å². The third-order valence-electron chi connectivity index (χ3n) is 5.95. The average molecular weight is 503 g/mol. The Kier molecular flexibility index (Phi) is 7.18. The zero-order valence-electron chi connectivity index (χ0n) is 19.8. The second kappa shape index (κ2) is 10.1. The van der Waals surface area contributed by atoms with Crippen LogP contribution in [0, 0.1) is 25.6 Å². The zero-order valence-corrected chi connectivity index (χ0v) is 20.6. The molecule has 0 aliphatic carbocycles. The standard InChI is InChI=1S/C24H27FN4O5S/c1-12(2)21(20-7-13(3)27-34-20)24(32)29-10-15(30)8-19(29)23(31)28-33-16-5-6-17(18(25)9-16)22-14(4)26-11-35-22/h5-7,9,11-12,15,19,21,30H,8,10H2,1-4H3,(H,28,31). The van der Waals surface area contributed by atoms with Gasteiger partial charge in [0.2, 0.25) is 5.91 Å². The molecule has 0 saturated carbocycles. The minimum Gasteiger partial charge on any atom is -0.391 e. The summed E-state index contributed by atoms with van der Waals surface area (Å²) in [7, 11) is 0. The van der Waals surface area contributed by atoms with Gasteiger partial charge in [0.25, 0.3) is 5.91 Å². The molecular formula is C24H27FN4O5S. The molecule has 1 aliphatic heterocycles. The summed E-state index contributed by atoms with van der Waals surface area (Å²) < 4.78 is 20.0. The van der Waals surface area contributed by atoms with Crippen LogP contribution in [0.3, 0.4) is 0 Å². The molecule has 1 fully saturated rings. The Morgan fingerprint density at radius 2 is 2.09 bits per heavy atom. The van der Waals surface area contributed by atoms with Crippen LogP contribution in [-0.4, -0.2) is 50.7 Å². The van der Waals surface area contributed by atoms with Crippen LogP contribution in [-0.2, 0) is 9.59 Å². The smallest absolute Gasteiger partial charge is 0.275 e. The van der Waals surface area contributed by atoms with E-state index in [0.717, 1.165) is 5.69 Å². The number of hydrogen-bond donors (Lipinski definition) is 2. The SMILES string of the molecule is Cc1cc(C(C(=O)N2CC(O)CC2C(=O)NOc2ccc(-c3scnc3C)c(F)c2)C(C)C)on1. The highest BCUT2D eigenvalue weighted by atomic mass is 32.1. The van der Waals surface area contributed by atoms with E-state index in [1.165, 1.54) is 28.4 Å². The van der Waals surface area contributed by atoms with Gasteiger partial charge in [-0.05, 0) is 31.9 Å². The molecule has 3 aromatic rings. The third kappa shape index (κ3) is 5.20. The summed E-state index contributed by atoms with van der Waals surface area (Å²) in [6.07, 6.45) is -0.808. The van der Waals surface area contributed by atoms with Gasteiger partial charge in [0.15, 0.2) is 5.75 Å². The number of thiazole rings is 1. The molecule has 3 heterocycles. The second-order valence-corrected chi connectivity index (χ2v) is 9.82. The molecule has 3 unspecified atom stereocenters. The summed E-state index contributed by atoms with van der Waals surface area (Å²) in [6, 6.07) is 5.00. The van der Waals surface area contributed by atoms with Crippen molar-refractivity contribution < 1.29 is 28.4 Å². The van der Waals surface area contributed by atoms with Crippen molar-refractivity contribution >= 4 is 23.2 Å². The summed E-state index contributed by atoms with van der Waals surface area (Å²) in [6.45, 7) is 7.31. The van der Waals surface area contributed by atoms with Crippen molar-refractivity contribution in [1.29, 1.82) is 0 Å². The zero-order chi connectivity index (χ0) is 25.3. The molecule has 0 bridgehead atoms. The molecule has 0 radical (unpaired) electrons. The van der Waals surface area contributed by atoms with Crippen LogP contribution < -0.4 is 10.3 Å². The van der Waals surface area contributed by atoms with Gasteiger partial charge in [0.05, 0.1) is 27.9 Å². The summed E-state index contributed by atoms with van der Waals surface area (Å²) >= 11 is 1.33. The number of nitrogens with zero attached hydrogens (tertiary/aromatic N) is 3. The number of aliphatic hydroxyl groups is 1. The number of aryl methyl sites for hydroxylation is 2. The first-order chi connectivity index (χ1) is 16.7. The predicted molar refractivity (Wildman–Crippen MR) is 126 cm³/mol. The second-order valence-electron chi connectivity index (χ2n) is 8.97. The number of amides is 2. The number of carbonyl (C=O) groups excluding carboxylic acids is 2. The number of aromatic nitrogens is 2. The van der Waals surface area contributed by atoms with Crippen LogP contribution in [0.5, 0.6) is 5.75 Å². The predicted octanol–water partition coefficient (Wildman–Crippen LogP) is 3.37. The summed E-state index contributed by atoms with van der Waals surface area (Å²) in [5, 5.41) is 14.1. The Hall–Kier alpha value is -3.31. The van der Waals surface area contributed by atoms with Crippen LogP contribution >= 0.6 is 11.3 Å². The number of halogens is 1. The topological polar surface area (TPSA) is 118 Å². The van der Waals surface area contributed by atoms with Crippen LogP contribution in [0.1, 0.15) is 43.3 Å². The van der Waals surface area contributed by atoms with Crippen LogP contribution in [0.4, 0.5) is 4.39 Å². The van der Waals surface area contributed by atoms with Gasteiger partial charge in [-0.25, -0.2) is 9.37 Å². The Labute approximate surface area is 205 Å². The number of rotatable bonds is 7. The molecule has 186 valence electrons. The van der Waals surface area contributed by atoms with Crippen molar-refractivity contribution in [2.75, 3.05) is 6.54 Å². The minimum atomic E-state index is -0.952. The van der Waals surface area contributed by atoms with Crippen molar-refractivity contribution in [2.45, 2.75) is 52.2 Å². The van der Waals surface area contributed by atoms with E-state index in [4.69, 9.17) is 9.36 Å². The number of aliphatic hydroxyl groups excluding tert-OH is 1. The van der Waals surface area contributed by atoms with Gasteiger partial charge in [0.1, 0.15) is 23.5 Å². The first-order valence-electron chi connectivity index (χ1n) is 11.2. The van der Waals surface area contributed by atoms with E-state index < -0.39 is 29.8 Å². The summed E-state index contributed by atoms with van der Waals surface area (Å²) in [5.41, 5.74) is 5.70. The number of carbonyl (C=O) groups is 2. The van der Waals surface area contributed by atoms with Gasteiger partial charge in [-0.2, -0.15) is 5.48 Å². The number of hydroxylamine groups is 1. The Balaban J connectivity index is 1.46. The maximum Gasteiger partial charge on any atom is 0.275 e. The molecule has 2 aromatic heterocycles. The lowest BCUT2D eigenvalue weighted by molar-refractivity contribution is -0.143. The van der Waals surface area contributed by atoms with Gasteiger partial charge in [-0.3, -0.25) is 9.59 Å². The molecular weight excluding hydrogens is 475 g/mol. The van der Waals surface area contributed by atoms with Crippen LogP contribution in [0.25, 0.3) is 10.4 Å². The highest BCUT2D eigenvalue weighted by molar-refractivity contribution is 7.13. The van der Waals surface area contributed by atoms with Gasteiger partial charge in [-0.1, -0.05) is 19.0 Å². The molecule has 4 rings (SSSR count). The fourth-order valence-electron chi connectivity index (χ4n) is 4.23. The van der Waals surface area contributed by atoms with Crippen molar-refractivity contribution in [1.82, 2.24) is 20.5 Å². The highest BCUT2D eigenvalue weighted by Gasteiger charge is 2.43. The van der Waals surface area contributed by atoms with Gasteiger partial charge in [0, 0.05) is 30.7 Å². The minimum absolute atomic E-state index is 0.00475. The van der Waals surface area contributed by atoms with E-state index in [-0.39, 0.29) is 30.5 Å². The van der Waals surface area contributed by atoms with Crippen molar-refractivity contribution in [3.63, 3.8) is 0 Å². The molecule has 35 heavy (non-hydrogen) atoms. The van der Waals surface area contributed by atoms with E-state index in [1.54, 1.807) is 31.5 Å². The molecule has 11 heteroatoms. The molecule has 3 atom stereocenters. The number of benzene rings is 1. The molecule has 2 N–H and O–H groups in total. The fraction of sp³-hybridized carbons (Fsp3) is 0.417. The van der Waals surface area contributed by atoms with Crippen LogP contribution in [0.2, 0.25) is 0 Å². The monoisotopic (exact) mass is 502 g/mol. The first kappa shape index (κ1) is 24.8. The van der Waals surface area contributed by atoms with Crippen molar-refractivity contribution in [3.8, 4) is 16.2 Å². The highest BCUT2D eigenvalue weighted by Crippen LogP contribution is 2.32. The van der Waals surface area contributed by atoms with Gasteiger partial charge < -0.3 is 19.4 Å². The average Bonchev–Trinajstić information content (AvgIpc) is 3.52. The number of nitrogens with one attached hydrogen (secondary N) is 1. The molecule has 1 aromatic carbocycles. The molecule has 1 aliphatic rings. The maximum absolute atomic E-state index is 14.7. The van der Waals surface area contributed by atoms with E-state index in [0.29, 0.717) is 21.9 Å². The van der Waals surface area contributed by atoms with Crippen molar-refractivity contribution in [2.24, 2.45) is 5.92 Å². The lowest BCUT2D eigenvalue weighted by Gasteiger charge is -2.28. The van der Waals surface area contributed by atoms with E-state index >= 15 is 0 Å². The van der Waals surface area contributed by atoms with E-state index in [9.17, 15) is 19.1 Å². The molecule has 0 spiro atoms. The quantitative estimate of drug-likeness (QED) is 0.476. The lowest BCUT2D eigenvalue weighted by atomic mass is 9.91.